The van der Waals surface area contributed by atoms with E-state index in [1.54, 1.807) is 0 Å². The topological polar surface area (TPSA) is 26.3 Å². The van der Waals surface area contributed by atoms with Gasteiger partial charge in [0.25, 0.3) is 0 Å². The molecule has 0 bridgehead atoms. The summed E-state index contributed by atoms with van der Waals surface area (Å²) in [4.78, 5) is 10.4. The van der Waals surface area contributed by atoms with Gasteiger partial charge in [0.05, 0.1) is 6.61 Å². The largest absolute Gasteiger partial charge is 0.461 e. The number of hydrogen-bond acceptors (Lipinski definition) is 2. The minimum atomic E-state index is -6.15. The van der Waals surface area contributed by atoms with E-state index in [0.29, 0.717) is 0 Å². The third-order valence-corrected chi connectivity index (χ3v) is 1.55. The third kappa shape index (κ3) is 2.22. The van der Waals surface area contributed by atoms with Gasteiger partial charge >= 0.3 is 23.7 Å². The second kappa shape index (κ2) is 4.46. The molecule has 0 fully saturated rings. The molecule has 0 heterocycles. The normalized spacial score (nSPS) is 13.8. The fraction of sp³-hybridized carbons (Fsp3) is 0.857. The van der Waals surface area contributed by atoms with Crippen LogP contribution in [-0.2, 0) is 9.53 Å². The van der Waals surface area contributed by atoms with Gasteiger partial charge in [-0.3, -0.25) is 0 Å². The molecule has 96 valence electrons. The maximum Gasteiger partial charge on any atom is 0.410 e. The summed E-state index contributed by atoms with van der Waals surface area (Å²) >= 11 is 0. The van der Waals surface area contributed by atoms with Crippen molar-refractivity contribution in [1.29, 1.82) is 0 Å². The van der Waals surface area contributed by atoms with Crippen LogP contribution in [0.5, 0.6) is 0 Å². The Hall–Kier alpha value is -1.02. The molecule has 0 N–H and O–H groups in total. The molecule has 0 aliphatic carbocycles. The zero-order valence-electron chi connectivity index (χ0n) is 7.88. The highest BCUT2D eigenvalue weighted by Crippen LogP contribution is 2.46. The lowest BCUT2D eigenvalue weighted by atomic mass is 10.1. The summed E-state index contributed by atoms with van der Waals surface area (Å²) in [5.74, 6) is -20.4. The number of ether oxygens (including phenoxy) is 1. The fourth-order valence-electron chi connectivity index (χ4n) is 0.664. The molecule has 0 radical (unpaired) electrons. The molecule has 0 saturated heterocycles. The van der Waals surface area contributed by atoms with Crippen LogP contribution in [-0.4, -0.2) is 37.0 Å². The van der Waals surface area contributed by atoms with Crippen LogP contribution in [0, 0.1) is 0 Å². The number of carbonyl (C=O) groups excluding carboxylic acids is 1. The minimum Gasteiger partial charge on any atom is -0.461 e. The maximum atomic E-state index is 12.6. The predicted molar refractivity (Wildman–Crippen MR) is 37.4 cm³/mol. The van der Waals surface area contributed by atoms with Gasteiger partial charge in [0.1, 0.15) is 0 Å². The minimum absolute atomic E-state index is 0.703. The zero-order chi connectivity index (χ0) is 13.2. The summed E-state index contributed by atoms with van der Waals surface area (Å²) in [6, 6.07) is 0. The van der Waals surface area contributed by atoms with Gasteiger partial charge in [-0.25, -0.2) is 9.18 Å². The van der Waals surface area contributed by atoms with Crippen molar-refractivity contribution in [2.45, 2.75) is 24.7 Å². The van der Waals surface area contributed by atoms with Gasteiger partial charge in [0.15, 0.2) is 6.67 Å². The van der Waals surface area contributed by atoms with Crippen LogP contribution in [0.1, 0.15) is 6.92 Å². The number of hydrogen-bond donors (Lipinski definition) is 0. The number of rotatable bonds is 5. The van der Waals surface area contributed by atoms with E-state index in [2.05, 4.69) is 4.74 Å². The van der Waals surface area contributed by atoms with Crippen molar-refractivity contribution in [2.24, 2.45) is 0 Å². The Morgan fingerprint density at radius 2 is 1.56 bits per heavy atom. The monoisotopic (exact) mass is 256 g/mol. The number of alkyl halides is 7. The highest BCUT2D eigenvalue weighted by molar-refractivity contribution is 5.79. The fourth-order valence-corrected chi connectivity index (χ4v) is 0.664. The lowest BCUT2D eigenvalue weighted by Gasteiger charge is -2.29. The Labute approximate surface area is 85.4 Å². The van der Waals surface area contributed by atoms with Crippen molar-refractivity contribution in [3.05, 3.63) is 0 Å². The van der Waals surface area contributed by atoms with Crippen LogP contribution in [0.4, 0.5) is 30.7 Å². The first kappa shape index (κ1) is 15.0. The Morgan fingerprint density at radius 1 is 1.12 bits per heavy atom. The predicted octanol–water partition coefficient (Wildman–Crippen LogP) is 2.42. The van der Waals surface area contributed by atoms with E-state index in [0.717, 1.165) is 6.92 Å². The molecular weight excluding hydrogens is 249 g/mol. The van der Waals surface area contributed by atoms with Crippen molar-refractivity contribution in [1.82, 2.24) is 0 Å². The smallest absolute Gasteiger partial charge is 0.410 e. The van der Waals surface area contributed by atoms with E-state index in [1.807, 2.05) is 0 Å². The second-order valence-electron chi connectivity index (χ2n) is 2.71. The van der Waals surface area contributed by atoms with Crippen LogP contribution in [0.25, 0.3) is 0 Å². The molecule has 0 rings (SSSR count). The number of carbonyl (C=O) groups is 1. The Bertz CT molecular complexity index is 263. The van der Waals surface area contributed by atoms with Gasteiger partial charge in [-0.15, -0.1) is 0 Å². The van der Waals surface area contributed by atoms with Crippen LogP contribution < -0.4 is 0 Å². The highest BCUT2D eigenvalue weighted by atomic mass is 19.3. The van der Waals surface area contributed by atoms with E-state index < -0.39 is 37.0 Å². The van der Waals surface area contributed by atoms with Gasteiger partial charge in [-0.05, 0) is 6.92 Å². The zero-order valence-corrected chi connectivity index (χ0v) is 7.88. The lowest BCUT2D eigenvalue weighted by molar-refractivity contribution is -0.307. The van der Waals surface area contributed by atoms with Crippen molar-refractivity contribution < 1.29 is 40.3 Å². The average Bonchev–Trinajstić information content (AvgIpc) is 2.17. The Kier molecular flexibility index (Phi) is 4.18. The van der Waals surface area contributed by atoms with E-state index in [1.165, 1.54) is 0 Å². The van der Waals surface area contributed by atoms with Crippen molar-refractivity contribution in [3.8, 4) is 0 Å². The van der Waals surface area contributed by atoms with Crippen molar-refractivity contribution in [3.63, 3.8) is 0 Å². The summed E-state index contributed by atoms with van der Waals surface area (Å²) in [5.41, 5.74) is 0. The molecule has 2 nitrogen and oxygen atoms in total. The lowest BCUT2D eigenvalue weighted by Crippen LogP contribution is -2.59. The summed E-state index contributed by atoms with van der Waals surface area (Å²) in [5, 5.41) is 0. The summed E-state index contributed by atoms with van der Waals surface area (Å²) in [6.45, 7) is -2.71. The molecule has 0 amide bonds. The molecule has 0 saturated carbocycles. The standard InChI is InChI=1S/C7H7F7O2/c1-2-16-4(15)6(11,12)7(13,14)5(9,10)3-8/h2-3H2,1H3. The molecule has 0 spiro atoms. The van der Waals surface area contributed by atoms with Gasteiger partial charge < -0.3 is 4.74 Å². The van der Waals surface area contributed by atoms with Gasteiger partial charge in [-0.1, -0.05) is 0 Å². The molecule has 0 aliphatic heterocycles. The van der Waals surface area contributed by atoms with Crippen molar-refractivity contribution in [2.75, 3.05) is 13.3 Å². The molecule has 0 atom stereocenters. The third-order valence-electron chi connectivity index (χ3n) is 1.55. The Balaban J connectivity index is 5.20. The molecule has 0 aromatic carbocycles. The van der Waals surface area contributed by atoms with Crippen LogP contribution in [0.3, 0.4) is 0 Å². The molecule has 16 heavy (non-hydrogen) atoms. The van der Waals surface area contributed by atoms with E-state index in [-0.39, 0.29) is 0 Å². The quantitative estimate of drug-likeness (QED) is 0.557. The molecule has 9 heteroatoms. The Morgan fingerprint density at radius 3 is 1.88 bits per heavy atom. The summed E-state index contributed by atoms with van der Waals surface area (Å²) in [6.07, 6.45) is 0. The summed E-state index contributed by atoms with van der Waals surface area (Å²) in [7, 11) is 0. The molecular formula is C7H7F7O2. The van der Waals surface area contributed by atoms with Crippen LogP contribution in [0.15, 0.2) is 0 Å². The number of halogens is 7. The van der Waals surface area contributed by atoms with Gasteiger partial charge in [0.2, 0.25) is 0 Å². The van der Waals surface area contributed by atoms with E-state index >= 15 is 0 Å². The first-order chi connectivity index (χ1) is 7.04. The van der Waals surface area contributed by atoms with Crippen LogP contribution in [0.2, 0.25) is 0 Å². The first-order valence-electron chi connectivity index (χ1n) is 3.91. The molecule has 0 aliphatic rings. The first-order valence-corrected chi connectivity index (χ1v) is 3.91. The number of esters is 1. The molecule has 0 unspecified atom stereocenters. The maximum absolute atomic E-state index is 12.6. The van der Waals surface area contributed by atoms with Crippen molar-refractivity contribution >= 4 is 5.97 Å². The van der Waals surface area contributed by atoms with Crippen LogP contribution >= 0.6 is 0 Å². The summed E-state index contributed by atoms with van der Waals surface area (Å²) < 4.78 is 89.7. The van der Waals surface area contributed by atoms with Gasteiger partial charge in [0, 0.05) is 0 Å². The van der Waals surface area contributed by atoms with Gasteiger partial charge in [-0.2, -0.15) is 26.3 Å². The highest BCUT2D eigenvalue weighted by Gasteiger charge is 2.75. The van der Waals surface area contributed by atoms with E-state index in [9.17, 15) is 35.5 Å². The molecule has 0 aromatic rings. The van der Waals surface area contributed by atoms with E-state index in [4.69, 9.17) is 0 Å². The second-order valence-corrected chi connectivity index (χ2v) is 2.71. The SMILES string of the molecule is CCOC(=O)C(F)(F)C(F)(F)C(F)(F)CF. The average molecular weight is 256 g/mol. The molecule has 0 aromatic heterocycles.